The lowest BCUT2D eigenvalue weighted by atomic mass is 9.51. The van der Waals surface area contributed by atoms with Crippen molar-refractivity contribution < 1.29 is 58.4 Å². The third-order valence-electron chi connectivity index (χ3n) is 14.9. The van der Waals surface area contributed by atoms with Crippen molar-refractivity contribution in [3.05, 3.63) is 83.9 Å². The number of aliphatic hydroxyl groups excluding tert-OH is 3. The second-order valence-electron chi connectivity index (χ2n) is 17.8. The molecule has 0 aromatic heterocycles. The molecule has 2 aromatic rings. The van der Waals surface area contributed by atoms with Gasteiger partial charge in [-0.25, -0.2) is 9.59 Å². The van der Waals surface area contributed by atoms with Crippen LogP contribution in [-0.2, 0) is 28.4 Å². The van der Waals surface area contributed by atoms with E-state index in [0.29, 0.717) is 24.0 Å². The van der Waals surface area contributed by atoms with Crippen molar-refractivity contribution in [1.82, 2.24) is 0 Å². The zero-order valence-corrected chi connectivity index (χ0v) is 32.3. The van der Waals surface area contributed by atoms with E-state index < -0.39 is 107 Å². The van der Waals surface area contributed by atoms with Crippen LogP contribution in [0.25, 0.3) is 0 Å². The maximum Gasteiger partial charge on any atom is 0.338 e. The minimum Gasteiger partial charge on any atom is -0.462 e. The van der Waals surface area contributed by atoms with Gasteiger partial charge in [0.25, 0.3) is 0 Å². The first-order valence-corrected chi connectivity index (χ1v) is 20.4. The van der Waals surface area contributed by atoms with E-state index in [1.807, 2.05) is 19.9 Å². The highest BCUT2D eigenvalue weighted by molar-refractivity contribution is 5.90. The Morgan fingerprint density at radius 1 is 0.875 bits per heavy atom. The molecule has 56 heavy (non-hydrogen) atoms. The zero-order chi connectivity index (χ0) is 39.4. The predicted molar refractivity (Wildman–Crippen MR) is 199 cm³/mol. The molecule has 2 aromatic carbocycles. The fraction of sp³-hybridized carbons (Fsp3) is 0.636. The van der Waals surface area contributed by atoms with Crippen LogP contribution in [0.15, 0.2) is 72.8 Å². The highest BCUT2D eigenvalue weighted by Crippen LogP contribution is 2.75. The number of epoxide rings is 1. The number of carbonyl (C=O) groups is 2. The van der Waals surface area contributed by atoms with Crippen molar-refractivity contribution in [3.63, 3.8) is 0 Å². The quantitative estimate of drug-likeness (QED) is 0.179. The molecule has 16 atom stereocenters. The number of ether oxygens (including phenoxy) is 6. The zero-order valence-electron chi connectivity index (χ0n) is 32.3. The Morgan fingerprint density at radius 3 is 2.16 bits per heavy atom. The number of esters is 2. The van der Waals surface area contributed by atoms with Crippen LogP contribution in [0.5, 0.6) is 0 Å². The van der Waals surface area contributed by atoms with Crippen LogP contribution in [0.3, 0.4) is 0 Å². The van der Waals surface area contributed by atoms with Crippen LogP contribution >= 0.6 is 0 Å². The highest BCUT2D eigenvalue weighted by Gasteiger charge is 2.91. The van der Waals surface area contributed by atoms with Crippen molar-refractivity contribution in [1.29, 1.82) is 0 Å². The van der Waals surface area contributed by atoms with E-state index in [4.69, 9.17) is 28.4 Å². The SMILES string of the molecule is C=C(C)C12C[C@@H](COC(=O)c3ccccc3)[C@@]34OC5(O[C@@H]1[C@@H]3C1O[C@]1(CO)[C@@H](O)[C@@]1(O)[C@H]4[C@@H](C(C)CCCCCC[C@@H]5O)C(C)[C@@H]1OC(=O)c1ccccc1)O2. The largest absolute Gasteiger partial charge is 0.462 e. The van der Waals surface area contributed by atoms with Gasteiger partial charge < -0.3 is 48.8 Å². The molecule has 4 N–H and O–H groups in total. The molecule has 12 heteroatoms. The summed E-state index contributed by atoms with van der Waals surface area (Å²) in [5, 5.41) is 50.1. The van der Waals surface area contributed by atoms with Crippen LogP contribution < -0.4 is 0 Å². The van der Waals surface area contributed by atoms with Gasteiger partial charge in [0, 0.05) is 17.8 Å². The summed E-state index contributed by atoms with van der Waals surface area (Å²) in [6.45, 7) is 9.43. The van der Waals surface area contributed by atoms with E-state index in [1.165, 1.54) is 0 Å². The molecular weight excluding hydrogens is 720 g/mol. The molecule has 7 aliphatic rings. The first kappa shape index (κ1) is 38.3. The lowest BCUT2D eigenvalue weighted by Gasteiger charge is -2.62. The molecule has 4 saturated heterocycles. The Balaban J connectivity index is 1.28. The van der Waals surface area contributed by atoms with Crippen LogP contribution in [-0.4, -0.2) is 104 Å². The van der Waals surface area contributed by atoms with E-state index in [-0.39, 0.29) is 24.5 Å². The maximum atomic E-state index is 14.0. The van der Waals surface area contributed by atoms with Gasteiger partial charge in [0.15, 0.2) is 0 Å². The molecule has 302 valence electrons. The number of rotatable bonds is 7. The summed E-state index contributed by atoms with van der Waals surface area (Å²) in [7, 11) is 0. The first-order chi connectivity index (χ1) is 26.8. The molecule has 7 fully saturated rings. The summed E-state index contributed by atoms with van der Waals surface area (Å²) in [5.74, 6) is -6.91. The van der Waals surface area contributed by atoms with Gasteiger partial charge in [0.05, 0.1) is 29.9 Å². The standard InChI is InChI=1S/C44H54O12/c1-24(2)40-21-29(22-51-37(47)27-16-10-7-11-17-27)43-32-35(40)54-44(55-40,56-43)30(46)20-14-6-5-9-15-25(3)31-26(4)34(52-38(48)28-18-12-8-13-19-28)42(50,33(31)43)39(49)41(23-45)36(32)53-41/h7-8,10-13,16-19,25-26,29-36,39,45-46,49-50H,1,5-6,9,14-15,20-23H2,2-4H3/t25?,26?,29-,30-,31-,32+,33+,34-,35+,36?,39+,40?,41-,42+,43+,44?/m0/s1. The Labute approximate surface area is 327 Å². The fourth-order valence-electron chi connectivity index (χ4n) is 12.4. The maximum absolute atomic E-state index is 14.0. The fourth-order valence-corrected chi connectivity index (χ4v) is 12.4. The van der Waals surface area contributed by atoms with E-state index in [9.17, 15) is 30.0 Å². The van der Waals surface area contributed by atoms with E-state index in [0.717, 1.165) is 25.7 Å². The summed E-state index contributed by atoms with van der Waals surface area (Å²) >= 11 is 0. The van der Waals surface area contributed by atoms with Crippen molar-refractivity contribution >= 4 is 11.9 Å². The second kappa shape index (κ2) is 13.4. The average molecular weight is 775 g/mol. The smallest absolute Gasteiger partial charge is 0.338 e. The van der Waals surface area contributed by atoms with E-state index in [1.54, 1.807) is 54.6 Å². The second-order valence-corrected chi connectivity index (χ2v) is 17.8. The molecule has 12 nitrogen and oxygen atoms in total. The molecule has 3 bridgehead atoms. The van der Waals surface area contributed by atoms with Crippen molar-refractivity contribution in [2.75, 3.05) is 13.2 Å². The molecule has 9 rings (SSSR count). The minimum atomic E-state index is -2.27. The van der Waals surface area contributed by atoms with Gasteiger partial charge in [0.2, 0.25) is 0 Å². The Morgan fingerprint density at radius 2 is 1.52 bits per heavy atom. The summed E-state index contributed by atoms with van der Waals surface area (Å²) in [4.78, 5) is 27.7. The number of carbonyl (C=O) groups excluding carboxylic acids is 2. The predicted octanol–water partition coefficient (Wildman–Crippen LogP) is 4.33. The summed E-state index contributed by atoms with van der Waals surface area (Å²) in [5.41, 5.74) is -5.58. The monoisotopic (exact) mass is 774 g/mol. The summed E-state index contributed by atoms with van der Waals surface area (Å²) in [6, 6.07) is 17.2. The highest BCUT2D eigenvalue weighted by atomic mass is 16.9. The van der Waals surface area contributed by atoms with Gasteiger partial charge in [0.1, 0.15) is 47.3 Å². The van der Waals surface area contributed by atoms with Crippen LogP contribution in [0.2, 0.25) is 0 Å². The molecule has 2 spiro atoms. The van der Waals surface area contributed by atoms with Crippen LogP contribution in [0, 0.1) is 35.5 Å². The van der Waals surface area contributed by atoms with Crippen molar-refractivity contribution in [2.24, 2.45) is 35.5 Å². The molecule has 4 aliphatic heterocycles. The van der Waals surface area contributed by atoms with Gasteiger partial charge >= 0.3 is 17.9 Å². The Hall–Kier alpha value is -3.20. The molecular formula is C44H54O12. The summed E-state index contributed by atoms with van der Waals surface area (Å²) in [6.07, 6.45) is -1.51. The number of aliphatic hydroxyl groups is 4. The van der Waals surface area contributed by atoms with E-state index >= 15 is 0 Å². The molecule has 3 aliphatic carbocycles. The van der Waals surface area contributed by atoms with Crippen molar-refractivity contribution in [2.45, 2.75) is 125 Å². The van der Waals surface area contributed by atoms with Gasteiger partial charge in [-0.2, -0.15) is 0 Å². The third-order valence-corrected chi connectivity index (χ3v) is 14.9. The topological polar surface area (TPSA) is 174 Å². The lowest BCUT2D eigenvalue weighted by molar-refractivity contribution is -0.459. The molecule has 3 saturated carbocycles. The summed E-state index contributed by atoms with van der Waals surface area (Å²) < 4.78 is 40.4. The molecule has 4 heterocycles. The van der Waals surface area contributed by atoms with Crippen LogP contribution in [0.1, 0.15) is 86.4 Å². The first-order valence-electron chi connectivity index (χ1n) is 20.4. The Kier molecular flexibility index (Phi) is 9.19. The minimum absolute atomic E-state index is 0.0865. The normalized spacial score (nSPS) is 47.3. The lowest BCUT2D eigenvalue weighted by Crippen LogP contribution is -2.75. The molecule has 0 amide bonds. The van der Waals surface area contributed by atoms with E-state index in [2.05, 4.69) is 13.5 Å². The molecule has 0 radical (unpaired) electrons. The number of fused-ring (bicyclic) bond motifs is 1. The Bertz CT molecular complexity index is 1860. The number of hydrogen-bond donors (Lipinski definition) is 4. The van der Waals surface area contributed by atoms with Gasteiger partial charge in [-0.05, 0) is 67.4 Å². The van der Waals surface area contributed by atoms with Gasteiger partial charge in [-0.1, -0.05) is 88.9 Å². The van der Waals surface area contributed by atoms with Gasteiger partial charge in [-0.15, -0.1) is 0 Å². The number of benzene rings is 2. The van der Waals surface area contributed by atoms with Gasteiger partial charge in [-0.3, -0.25) is 0 Å². The van der Waals surface area contributed by atoms with Crippen LogP contribution in [0.4, 0.5) is 0 Å². The average Bonchev–Trinajstić information content (AvgIpc) is 3.84. The number of hydrogen-bond acceptors (Lipinski definition) is 12. The molecule has 5 unspecified atom stereocenters. The third kappa shape index (κ3) is 5.12. The van der Waals surface area contributed by atoms with Crippen molar-refractivity contribution in [3.8, 4) is 0 Å².